The van der Waals surface area contributed by atoms with Crippen LogP contribution < -0.4 is 10.5 Å². The zero-order chi connectivity index (χ0) is 19.7. The second-order valence-corrected chi connectivity index (χ2v) is 8.02. The number of pyridine rings is 1. The summed E-state index contributed by atoms with van der Waals surface area (Å²) in [4.78, 5) is 17.8. The maximum absolute atomic E-state index is 14.4. The molecule has 2 saturated carbocycles. The van der Waals surface area contributed by atoms with Gasteiger partial charge in [0.25, 0.3) is 0 Å². The number of halogens is 1. The molecule has 2 N–H and O–H groups in total. The molecule has 148 valence electrons. The van der Waals surface area contributed by atoms with E-state index in [0.717, 1.165) is 55.3 Å². The molecule has 0 unspecified atom stereocenters. The zero-order valence-corrected chi connectivity index (χ0v) is 16.3. The van der Waals surface area contributed by atoms with Gasteiger partial charge in [-0.3, -0.25) is 4.79 Å². The van der Waals surface area contributed by atoms with Gasteiger partial charge in [-0.25, -0.2) is 9.37 Å². The summed E-state index contributed by atoms with van der Waals surface area (Å²) in [7, 11) is 1.54. The van der Waals surface area contributed by atoms with Crippen LogP contribution in [0.1, 0.15) is 77.7 Å². The van der Waals surface area contributed by atoms with Crippen LogP contribution in [0.2, 0.25) is 0 Å². The van der Waals surface area contributed by atoms with Gasteiger partial charge >= 0.3 is 0 Å². The third-order valence-electron chi connectivity index (χ3n) is 6.19. The minimum Gasteiger partial charge on any atom is -0.497 e. The summed E-state index contributed by atoms with van der Waals surface area (Å²) in [6.07, 6.45) is 5.44. The average molecular weight is 382 g/mol. The van der Waals surface area contributed by atoms with E-state index in [4.69, 9.17) is 10.5 Å². The molecule has 1 heterocycles. The Hall–Kier alpha value is -2.27. The van der Waals surface area contributed by atoms with Crippen LogP contribution in [0, 0.1) is 11.7 Å². The maximum Gasteiger partial charge on any atom is 0.184 e. The molecule has 0 amide bonds. The van der Waals surface area contributed by atoms with Gasteiger partial charge < -0.3 is 10.5 Å². The standard InChI is InChI=1S/C23H27FN2O2/c1-28-18-9-11-19(21(24)12-18)14-4-6-16(7-5-14)23(27)22-20(15-2-3-15)10-8-17(13-25)26-22/h8-12,14-16H,2-7,13,25H2,1H3. The lowest BCUT2D eigenvalue weighted by Gasteiger charge is -2.28. The van der Waals surface area contributed by atoms with Gasteiger partial charge in [0.2, 0.25) is 0 Å². The third kappa shape index (κ3) is 3.81. The fourth-order valence-corrected chi connectivity index (χ4v) is 4.37. The molecule has 0 aliphatic heterocycles. The minimum absolute atomic E-state index is 0.0319. The first-order chi connectivity index (χ1) is 13.6. The molecule has 2 aliphatic rings. The van der Waals surface area contributed by atoms with E-state index < -0.39 is 0 Å². The Morgan fingerprint density at radius 3 is 2.32 bits per heavy atom. The SMILES string of the molecule is COc1ccc(C2CCC(C(=O)c3nc(CN)ccc3C3CC3)CC2)c(F)c1. The maximum atomic E-state index is 14.4. The number of ether oxygens (including phenoxy) is 1. The summed E-state index contributed by atoms with van der Waals surface area (Å²) in [6.45, 7) is 0.342. The highest BCUT2D eigenvalue weighted by Crippen LogP contribution is 2.43. The Labute approximate surface area is 165 Å². The Kier molecular flexibility index (Phi) is 5.44. The van der Waals surface area contributed by atoms with Gasteiger partial charge in [0.1, 0.15) is 17.3 Å². The molecule has 0 spiro atoms. The summed E-state index contributed by atoms with van der Waals surface area (Å²) in [5.74, 6) is 1.05. The lowest BCUT2D eigenvalue weighted by molar-refractivity contribution is 0.0877. The van der Waals surface area contributed by atoms with Gasteiger partial charge in [0.15, 0.2) is 5.78 Å². The number of aromatic nitrogens is 1. The van der Waals surface area contributed by atoms with Gasteiger partial charge in [0, 0.05) is 18.5 Å². The van der Waals surface area contributed by atoms with E-state index in [0.29, 0.717) is 23.9 Å². The van der Waals surface area contributed by atoms with E-state index in [1.165, 1.54) is 13.2 Å². The number of carbonyl (C=O) groups excluding carboxylic acids is 1. The van der Waals surface area contributed by atoms with Crippen LogP contribution in [0.15, 0.2) is 30.3 Å². The molecule has 2 aromatic rings. The highest BCUT2D eigenvalue weighted by atomic mass is 19.1. The summed E-state index contributed by atoms with van der Waals surface area (Å²) < 4.78 is 19.5. The molecule has 5 heteroatoms. The number of Topliss-reactive ketones (excluding diaryl/α,β-unsaturated/α-hetero) is 1. The van der Waals surface area contributed by atoms with E-state index in [2.05, 4.69) is 4.98 Å². The zero-order valence-electron chi connectivity index (χ0n) is 16.3. The van der Waals surface area contributed by atoms with E-state index in [9.17, 15) is 9.18 Å². The monoisotopic (exact) mass is 382 g/mol. The topological polar surface area (TPSA) is 65.2 Å². The minimum atomic E-state index is -0.220. The number of carbonyl (C=O) groups is 1. The Balaban J connectivity index is 1.47. The number of ketones is 1. The van der Waals surface area contributed by atoms with Gasteiger partial charge in [-0.05, 0) is 73.6 Å². The highest BCUT2D eigenvalue weighted by Gasteiger charge is 2.34. The molecular formula is C23H27FN2O2. The van der Waals surface area contributed by atoms with Crippen LogP contribution in [-0.4, -0.2) is 17.9 Å². The van der Waals surface area contributed by atoms with Crippen molar-refractivity contribution in [1.29, 1.82) is 0 Å². The van der Waals surface area contributed by atoms with E-state index in [1.54, 1.807) is 6.07 Å². The van der Waals surface area contributed by atoms with E-state index >= 15 is 0 Å². The first-order valence-corrected chi connectivity index (χ1v) is 10.2. The number of nitrogens with two attached hydrogens (primary N) is 1. The van der Waals surface area contributed by atoms with Crippen molar-refractivity contribution < 1.29 is 13.9 Å². The van der Waals surface area contributed by atoms with E-state index in [-0.39, 0.29) is 23.4 Å². The van der Waals surface area contributed by atoms with Crippen LogP contribution in [0.3, 0.4) is 0 Å². The predicted molar refractivity (Wildman–Crippen MR) is 106 cm³/mol. The largest absolute Gasteiger partial charge is 0.497 e. The highest BCUT2D eigenvalue weighted by molar-refractivity contribution is 5.97. The number of rotatable bonds is 6. The Morgan fingerprint density at radius 1 is 1.07 bits per heavy atom. The van der Waals surface area contributed by atoms with Gasteiger partial charge in [-0.15, -0.1) is 0 Å². The van der Waals surface area contributed by atoms with Crippen molar-refractivity contribution in [3.8, 4) is 5.75 Å². The molecule has 0 atom stereocenters. The fourth-order valence-electron chi connectivity index (χ4n) is 4.37. The molecule has 1 aromatic heterocycles. The van der Waals surface area contributed by atoms with Crippen LogP contribution >= 0.6 is 0 Å². The summed E-state index contributed by atoms with van der Waals surface area (Å²) >= 11 is 0. The van der Waals surface area contributed by atoms with Crippen molar-refractivity contribution in [2.75, 3.05) is 7.11 Å². The molecule has 4 nitrogen and oxygen atoms in total. The van der Waals surface area contributed by atoms with Crippen molar-refractivity contribution in [2.24, 2.45) is 11.7 Å². The van der Waals surface area contributed by atoms with Crippen molar-refractivity contribution >= 4 is 5.78 Å². The second-order valence-electron chi connectivity index (χ2n) is 8.02. The van der Waals surface area contributed by atoms with Crippen molar-refractivity contribution in [3.63, 3.8) is 0 Å². The normalized spacial score (nSPS) is 22.1. The molecule has 4 rings (SSSR count). The Bertz CT molecular complexity index is 871. The van der Waals surface area contributed by atoms with Crippen LogP contribution in [0.25, 0.3) is 0 Å². The number of nitrogens with zero attached hydrogens (tertiary/aromatic N) is 1. The quantitative estimate of drug-likeness (QED) is 0.734. The van der Waals surface area contributed by atoms with Gasteiger partial charge in [-0.2, -0.15) is 0 Å². The molecule has 1 aromatic carbocycles. The van der Waals surface area contributed by atoms with Crippen LogP contribution in [-0.2, 0) is 6.54 Å². The second kappa shape index (κ2) is 8.00. The van der Waals surface area contributed by atoms with Crippen LogP contribution in [0.4, 0.5) is 4.39 Å². The number of hydrogen-bond donors (Lipinski definition) is 1. The number of hydrogen-bond acceptors (Lipinski definition) is 4. The molecule has 0 bridgehead atoms. The molecule has 0 radical (unpaired) electrons. The predicted octanol–water partition coefficient (Wildman–Crippen LogP) is 4.72. The average Bonchev–Trinajstić information content (AvgIpc) is 3.58. The van der Waals surface area contributed by atoms with Crippen molar-refractivity contribution in [1.82, 2.24) is 4.98 Å². The number of benzene rings is 1. The first kappa shape index (κ1) is 19.1. The summed E-state index contributed by atoms with van der Waals surface area (Å²) in [5.41, 5.74) is 8.95. The fraction of sp³-hybridized carbons (Fsp3) is 0.478. The molecular weight excluding hydrogens is 355 g/mol. The molecule has 0 saturated heterocycles. The first-order valence-electron chi connectivity index (χ1n) is 10.2. The van der Waals surface area contributed by atoms with Crippen molar-refractivity contribution in [3.05, 3.63) is 58.7 Å². The van der Waals surface area contributed by atoms with Crippen molar-refractivity contribution in [2.45, 2.75) is 56.9 Å². The lowest BCUT2D eigenvalue weighted by atomic mass is 9.76. The molecule has 2 aliphatic carbocycles. The Morgan fingerprint density at radius 2 is 1.71 bits per heavy atom. The summed E-state index contributed by atoms with van der Waals surface area (Å²) in [6, 6.07) is 9.04. The number of methoxy groups -OCH3 is 1. The third-order valence-corrected chi connectivity index (χ3v) is 6.19. The van der Waals surface area contributed by atoms with Crippen LogP contribution in [0.5, 0.6) is 5.75 Å². The van der Waals surface area contributed by atoms with Gasteiger partial charge in [-0.1, -0.05) is 12.1 Å². The smallest absolute Gasteiger partial charge is 0.184 e. The summed E-state index contributed by atoms with van der Waals surface area (Å²) in [5, 5.41) is 0. The molecule has 2 fully saturated rings. The molecule has 28 heavy (non-hydrogen) atoms. The van der Waals surface area contributed by atoms with Gasteiger partial charge in [0.05, 0.1) is 12.8 Å². The van der Waals surface area contributed by atoms with E-state index in [1.807, 2.05) is 18.2 Å². The lowest BCUT2D eigenvalue weighted by Crippen LogP contribution is -2.24.